The van der Waals surface area contributed by atoms with Crippen LogP contribution in [0.1, 0.15) is 31.6 Å². The van der Waals surface area contributed by atoms with Crippen molar-refractivity contribution in [2.45, 2.75) is 32.1 Å². The Balaban J connectivity index is 3.01. The number of hydrogen-bond donors (Lipinski definition) is 4. The molecule has 0 spiro atoms. The fourth-order valence-electron chi connectivity index (χ4n) is 1.92. The van der Waals surface area contributed by atoms with Gasteiger partial charge in [-0.25, -0.2) is 0 Å². The zero-order valence-corrected chi connectivity index (χ0v) is 12.3. The summed E-state index contributed by atoms with van der Waals surface area (Å²) in [4.78, 5) is 30.1. The Morgan fingerprint density at radius 2 is 1.80 bits per heavy atom. The van der Waals surface area contributed by atoms with Crippen LogP contribution in [0, 0.1) is 5.92 Å². The second-order valence-corrected chi connectivity index (χ2v) is 6.78. The van der Waals surface area contributed by atoms with Crippen LogP contribution in [0.2, 0.25) is 0 Å². The summed E-state index contributed by atoms with van der Waals surface area (Å²) in [5.74, 6) is -2.34. The van der Waals surface area contributed by atoms with Crippen molar-refractivity contribution in [2.75, 3.05) is 0 Å². The zero-order chi connectivity index (χ0) is 15.3. The van der Waals surface area contributed by atoms with Gasteiger partial charge in [0.1, 0.15) is 11.8 Å². The van der Waals surface area contributed by atoms with Crippen molar-refractivity contribution in [1.29, 1.82) is 0 Å². The minimum Gasteiger partial charge on any atom is -0.480 e. The Hall–Kier alpha value is -1.20. The van der Waals surface area contributed by atoms with E-state index in [1.807, 2.05) is 13.8 Å². The van der Waals surface area contributed by atoms with E-state index < -0.39 is 25.4 Å². The maximum atomic E-state index is 11.6. The third-order valence-electron chi connectivity index (χ3n) is 2.82. The van der Waals surface area contributed by atoms with Gasteiger partial charge in [-0.3, -0.25) is 14.7 Å². The molecule has 0 aliphatic carbocycles. The molecule has 0 radical (unpaired) electrons. The maximum absolute atomic E-state index is 11.6. The lowest BCUT2D eigenvalue weighted by atomic mass is 10.0. The lowest BCUT2D eigenvalue weighted by Gasteiger charge is -2.25. The largest absolute Gasteiger partial charge is 0.480 e. The highest BCUT2D eigenvalue weighted by Crippen LogP contribution is 2.50. The standard InChI is InChI=1S/C13H20NO5P/c1-9(2)8-11(13(15)16)14-12(20(17,18)19)10-6-4-3-5-7-10/h3-7,9,11-12,14H,8H2,1-2H3,(H,15,16)(H2,17,18,19)/t11-,12-/m1/s1. The van der Waals surface area contributed by atoms with E-state index in [4.69, 9.17) is 5.11 Å². The molecule has 6 nitrogen and oxygen atoms in total. The van der Waals surface area contributed by atoms with Crippen LogP contribution in [-0.2, 0) is 9.36 Å². The summed E-state index contributed by atoms with van der Waals surface area (Å²) in [6.07, 6.45) is 0.290. The van der Waals surface area contributed by atoms with E-state index in [1.165, 1.54) is 0 Å². The van der Waals surface area contributed by atoms with Gasteiger partial charge in [-0.15, -0.1) is 0 Å². The van der Waals surface area contributed by atoms with E-state index >= 15 is 0 Å². The molecule has 7 heteroatoms. The van der Waals surface area contributed by atoms with Gasteiger partial charge in [0.05, 0.1) is 0 Å². The molecule has 0 aliphatic rings. The average Bonchev–Trinajstić information content (AvgIpc) is 2.33. The Bertz CT molecular complexity index is 485. The number of carboxylic acid groups (broad SMARTS) is 1. The van der Waals surface area contributed by atoms with Crippen LogP contribution >= 0.6 is 7.60 Å². The van der Waals surface area contributed by atoms with E-state index in [1.54, 1.807) is 30.3 Å². The molecule has 1 aromatic rings. The summed E-state index contributed by atoms with van der Waals surface area (Å²) in [5.41, 5.74) is 0.371. The molecule has 0 fully saturated rings. The summed E-state index contributed by atoms with van der Waals surface area (Å²) < 4.78 is 11.6. The van der Waals surface area contributed by atoms with E-state index in [2.05, 4.69) is 5.32 Å². The molecule has 1 rings (SSSR count). The van der Waals surface area contributed by atoms with Gasteiger partial charge in [0, 0.05) is 0 Å². The van der Waals surface area contributed by atoms with E-state index in [9.17, 15) is 19.1 Å². The van der Waals surface area contributed by atoms with Gasteiger partial charge in [-0.2, -0.15) is 0 Å². The van der Waals surface area contributed by atoms with Crippen molar-refractivity contribution < 1.29 is 24.3 Å². The topological polar surface area (TPSA) is 107 Å². The second-order valence-electron chi connectivity index (χ2n) is 5.09. The number of benzene rings is 1. The smallest absolute Gasteiger partial charge is 0.346 e. The molecule has 0 saturated carbocycles. The normalized spacial score (nSPS) is 15.1. The monoisotopic (exact) mass is 301 g/mol. The number of carbonyl (C=O) groups is 1. The highest BCUT2D eigenvalue weighted by molar-refractivity contribution is 7.52. The molecule has 1 aromatic carbocycles. The van der Waals surface area contributed by atoms with Crippen molar-refractivity contribution in [3.8, 4) is 0 Å². The van der Waals surface area contributed by atoms with Crippen molar-refractivity contribution in [2.24, 2.45) is 5.92 Å². The number of carboxylic acids is 1. The highest BCUT2D eigenvalue weighted by atomic mass is 31.2. The van der Waals surface area contributed by atoms with Gasteiger partial charge in [-0.1, -0.05) is 44.2 Å². The van der Waals surface area contributed by atoms with Gasteiger partial charge in [0.2, 0.25) is 0 Å². The molecule has 0 unspecified atom stereocenters. The van der Waals surface area contributed by atoms with Gasteiger partial charge in [0.25, 0.3) is 0 Å². The molecular weight excluding hydrogens is 281 g/mol. The molecule has 0 bridgehead atoms. The predicted octanol–water partition coefficient (Wildman–Crippen LogP) is 1.95. The second kappa shape index (κ2) is 6.99. The van der Waals surface area contributed by atoms with Crippen LogP contribution in [0.25, 0.3) is 0 Å². The third-order valence-corrected chi connectivity index (χ3v) is 3.94. The summed E-state index contributed by atoms with van der Waals surface area (Å²) in [6.45, 7) is 3.71. The molecule has 0 aromatic heterocycles. The van der Waals surface area contributed by atoms with Crippen LogP contribution in [0.4, 0.5) is 0 Å². The summed E-state index contributed by atoms with van der Waals surface area (Å²) in [7, 11) is -4.51. The molecule has 0 aliphatic heterocycles. The first-order valence-corrected chi connectivity index (χ1v) is 7.99. The fraction of sp³-hybridized carbons (Fsp3) is 0.462. The van der Waals surface area contributed by atoms with E-state index in [-0.39, 0.29) is 5.92 Å². The van der Waals surface area contributed by atoms with Gasteiger partial charge >= 0.3 is 13.6 Å². The van der Waals surface area contributed by atoms with Crippen LogP contribution in [-0.4, -0.2) is 26.9 Å². The highest BCUT2D eigenvalue weighted by Gasteiger charge is 2.34. The van der Waals surface area contributed by atoms with Crippen molar-refractivity contribution in [1.82, 2.24) is 5.32 Å². The van der Waals surface area contributed by atoms with Crippen molar-refractivity contribution in [3.63, 3.8) is 0 Å². The number of nitrogens with one attached hydrogen (secondary N) is 1. The molecular formula is C13H20NO5P. The molecule has 0 saturated heterocycles. The zero-order valence-electron chi connectivity index (χ0n) is 11.4. The number of aliphatic carboxylic acids is 1. The minimum absolute atomic E-state index is 0.0943. The first kappa shape index (κ1) is 16.9. The van der Waals surface area contributed by atoms with E-state index in [0.717, 1.165) is 0 Å². The summed E-state index contributed by atoms with van der Waals surface area (Å²) >= 11 is 0. The van der Waals surface area contributed by atoms with Gasteiger partial charge < -0.3 is 14.9 Å². The Kier molecular flexibility index (Phi) is 5.89. The van der Waals surface area contributed by atoms with Crippen molar-refractivity contribution >= 4 is 13.6 Å². The van der Waals surface area contributed by atoms with Crippen molar-refractivity contribution in [3.05, 3.63) is 35.9 Å². The predicted molar refractivity (Wildman–Crippen MR) is 75.2 cm³/mol. The molecule has 2 atom stereocenters. The molecule has 112 valence electrons. The Morgan fingerprint density at radius 1 is 1.25 bits per heavy atom. The fourth-order valence-corrected chi connectivity index (χ4v) is 2.86. The number of rotatable bonds is 7. The maximum Gasteiger partial charge on any atom is 0.346 e. The van der Waals surface area contributed by atoms with Crippen LogP contribution in [0.3, 0.4) is 0 Å². The first-order chi connectivity index (χ1) is 9.21. The molecule has 0 heterocycles. The van der Waals surface area contributed by atoms with E-state index in [0.29, 0.717) is 12.0 Å². The lowest BCUT2D eigenvalue weighted by molar-refractivity contribution is -0.140. The first-order valence-electron chi connectivity index (χ1n) is 6.31. The Morgan fingerprint density at radius 3 is 2.20 bits per heavy atom. The van der Waals surface area contributed by atoms with Gasteiger partial charge in [0.15, 0.2) is 0 Å². The molecule has 4 N–H and O–H groups in total. The average molecular weight is 301 g/mol. The summed E-state index contributed by atoms with van der Waals surface area (Å²) in [6, 6.07) is 7.14. The lowest BCUT2D eigenvalue weighted by Crippen LogP contribution is -2.40. The molecule has 0 amide bonds. The van der Waals surface area contributed by atoms with Crippen LogP contribution < -0.4 is 5.32 Å². The minimum atomic E-state index is -4.51. The molecule has 20 heavy (non-hydrogen) atoms. The Labute approximate surface area is 118 Å². The van der Waals surface area contributed by atoms with Crippen LogP contribution in [0.5, 0.6) is 0 Å². The quantitative estimate of drug-likeness (QED) is 0.573. The third kappa shape index (κ3) is 5.06. The number of hydrogen-bond acceptors (Lipinski definition) is 3. The summed E-state index contributed by atoms with van der Waals surface area (Å²) in [5, 5.41) is 11.7. The van der Waals surface area contributed by atoms with Gasteiger partial charge in [-0.05, 0) is 17.9 Å². The SMILES string of the molecule is CC(C)C[C@@H](N[C@@H](c1ccccc1)P(=O)(O)O)C(=O)O. The van der Waals surface area contributed by atoms with Crippen LogP contribution in [0.15, 0.2) is 30.3 Å².